The van der Waals surface area contributed by atoms with Gasteiger partial charge in [0.05, 0.1) is 28.1 Å². The molecule has 0 aromatic carbocycles. The number of amides is 2. The first-order valence-corrected chi connectivity index (χ1v) is 14.6. The fourth-order valence-corrected chi connectivity index (χ4v) is 7.77. The fraction of sp³-hybridized carbons (Fsp3) is 0.368. The molecule has 0 aliphatic carbocycles. The second kappa shape index (κ2) is 12.0. The molecule has 2 amide bonds. The van der Waals surface area contributed by atoms with E-state index in [0.29, 0.717) is 22.2 Å². The maximum Gasteiger partial charge on any atom is 0.353 e. The Morgan fingerprint density at radius 2 is 2.16 bits per heavy atom. The van der Waals surface area contributed by atoms with Crippen molar-refractivity contribution in [3.05, 3.63) is 44.1 Å². The summed E-state index contributed by atoms with van der Waals surface area (Å²) in [6.07, 6.45) is 0. The average Bonchev–Trinajstić information content (AvgIpc) is 3.31. The number of carboxylic acids is 1. The molecule has 18 heteroatoms. The number of aliphatic carboxylic acids is 1. The molecule has 1 unspecified atom stereocenters. The monoisotopic (exact) mass is 602 g/mol. The van der Waals surface area contributed by atoms with Gasteiger partial charge in [-0.15, -0.1) is 16.7 Å². The molecule has 2 aliphatic heterocycles. The van der Waals surface area contributed by atoms with Crippen molar-refractivity contribution in [3.63, 3.8) is 0 Å². The van der Waals surface area contributed by atoms with Gasteiger partial charge in [-0.2, -0.15) is 20.5 Å². The molecule has 0 spiro atoms. The van der Waals surface area contributed by atoms with Crippen LogP contribution < -0.4 is 16.8 Å². The van der Waals surface area contributed by atoms with Crippen molar-refractivity contribution in [1.82, 2.24) is 23.9 Å². The molecule has 2 aromatic rings. The summed E-state index contributed by atoms with van der Waals surface area (Å²) in [6.45, 7) is 0.526. The smallest absolute Gasteiger partial charge is 0.353 e. The lowest BCUT2D eigenvalue weighted by molar-refractivity contribution is -0.150. The molecule has 196 valence electrons. The van der Waals surface area contributed by atoms with Crippen LogP contribution in [0.25, 0.3) is 0 Å². The number of nitrogen functional groups attached to an aromatic ring is 1. The Balaban J connectivity index is 1.50. The summed E-state index contributed by atoms with van der Waals surface area (Å²) < 4.78 is 8.55. The number of nitrogens with one attached hydrogen (secondary N) is 1. The van der Waals surface area contributed by atoms with Crippen molar-refractivity contribution < 1.29 is 19.5 Å². The van der Waals surface area contributed by atoms with Crippen LogP contribution in [0.3, 0.4) is 0 Å². The van der Waals surface area contributed by atoms with E-state index in [1.807, 2.05) is 0 Å². The van der Waals surface area contributed by atoms with E-state index in [1.165, 1.54) is 23.9 Å². The third-order valence-corrected chi connectivity index (χ3v) is 9.75. The lowest BCUT2D eigenvalue weighted by Crippen LogP contribution is -2.70. The van der Waals surface area contributed by atoms with E-state index in [-0.39, 0.29) is 28.0 Å². The fourth-order valence-electron chi connectivity index (χ4n) is 3.52. The van der Waals surface area contributed by atoms with E-state index in [4.69, 9.17) is 23.1 Å². The maximum absolute atomic E-state index is 13.0. The number of nitroso groups, excluding NO2 is 1. The third-order valence-electron chi connectivity index (χ3n) is 5.18. The Kier molecular flexibility index (Phi) is 8.91. The Labute approximate surface area is 231 Å². The van der Waals surface area contributed by atoms with Gasteiger partial charge in [0, 0.05) is 28.7 Å². The minimum atomic E-state index is -1.64. The van der Waals surface area contributed by atoms with Crippen LogP contribution in [-0.4, -0.2) is 71.0 Å². The molecule has 1 fully saturated rings. The number of hydrogen-bond donors (Lipinski definition) is 4. The number of carbonyl (C=O) groups excluding carboxylic acids is 2. The normalized spacial score (nSPS) is 19.7. The number of rotatable bonds is 11. The van der Waals surface area contributed by atoms with Crippen molar-refractivity contribution in [2.24, 2.45) is 10.9 Å². The Hall–Kier alpha value is -2.44. The van der Waals surface area contributed by atoms with Crippen LogP contribution in [0.2, 0.25) is 5.02 Å². The Bertz CT molecular complexity index is 1280. The lowest BCUT2D eigenvalue weighted by atomic mass is 10.0. The molecule has 2 aliphatic rings. The second-order valence-electron chi connectivity index (χ2n) is 7.54. The number of hydrogen-bond acceptors (Lipinski definition) is 14. The van der Waals surface area contributed by atoms with E-state index >= 15 is 0 Å². The van der Waals surface area contributed by atoms with Gasteiger partial charge in [-0.1, -0.05) is 23.4 Å². The number of nitrogens with two attached hydrogens (primary N) is 2. The first-order chi connectivity index (χ1) is 17.8. The van der Waals surface area contributed by atoms with Gasteiger partial charge in [0.1, 0.15) is 28.0 Å². The summed E-state index contributed by atoms with van der Waals surface area (Å²) in [6, 6.07) is 0.0732. The molecule has 0 saturated carbocycles. The SMILES string of the molecule is NCCSCc1nsnc1SC1=C(C(=O)O)N2C(=O)[C@@H](NC(=O)C(N=O)c3nc(N)ccc3Cl)[C@@H]2SC1. The zero-order chi connectivity index (χ0) is 26.7. The number of anilines is 1. The number of nitrogens with zero attached hydrogens (tertiary/aromatic N) is 5. The first-order valence-electron chi connectivity index (χ1n) is 10.5. The highest BCUT2D eigenvalue weighted by molar-refractivity contribution is 8.06. The van der Waals surface area contributed by atoms with E-state index in [9.17, 15) is 24.4 Å². The molecule has 2 aromatic heterocycles. The molecular formula is C19H19ClN8O5S4. The number of carboxylic acid groups (broad SMARTS) is 1. The van der Waals surface area contributed by atoms with Crippen LogP contribution >= 0.6 is 58.6 Å². The van der Waals surface area contributed by atoms with Crippen LogP contribution in [0.4, 0.5) is 5.82 Å². The first kappa shape index (κ1) is 27.6. The Morgan fingerprint density at radius 1 is 1.38 bits per heavy atom. The number of thioether (sulfide) groups is 3. The molecule has 4 heterocycles. The van der Waals surface area contributed by atoms with E-state index in [2.05, 4.69) is 24.2 Å². The molecular weight excluding hydrogens is 584 g/mol. The highest BCUT2D eigenvalue weighted by Crippen LogP contribution is 2.45. The van der Waals surface area contributed by atoms with Gasteiger partial charge in [0.2, 0.25) is 6.04 Å². The van der Waals surface area contributed by atoms with Gasteiger partial charge < -0.3 is 21.9 Å². The molecule has 0 radical (unpaired) electrons. The predicted molar refractivity (Wildman–Crippen MR) is 143 cm³/mol. The quantitative estimate of drug-likeness (QED) is 0.164. The maximum atomic E-state index is 13.0. The number of halogens is 1. The van der Waals surface area contributed by atoms with Crippen LogP contribution in [0.1, 0.15) is 17.4 Å². The van der Waals surface area contributed by atoms with Gasteiger partial charge in [-0.25, -0.2) is 9.78 Å². The average molecular weight is 603 g/mol. The van der Waals surface area contributed by atoms with Crippen LogP contribution in [-0.2, 0) is 20.1 Å². The van der Waals surface area contributed by atoms with Gasteiger partial charge in [-0.05, 0) is 17.3 Å². The number of fused-ring (bicyclic) bond motifs is 1. The van der Waals surface area contributed by atoms with Gasteiger partial charge >= 0.3 is 5.97 Å². The zero-order valence-electron chi connectivity index (χ0n) is 18.7. The number of pyridine rings is 1. The molecule has 1 saturated heterocycles. The highest BCUT2D eigenvalue weighted by Gasteiger charge is 2.55. The highest BCUT2D eigenvalue weighted by atomic mass is 35.5. The Morgan fingerprint density at radius 3 is 2.86 bits per heavy atom. The summed E-state index contributed by atoms with van der Waals surface area (Å²) in [5.74, 6) is -1.19. The van der Waals surface area contributed by atoms with Crippen LogP contribution in [0.15, 0.2) is 32.9 Å². The predicted octanol–water partition coefficient (Wildman–Crippen LogP) is 1.66. The van der Waals surface area contributed by atoms with Gasteiger partial charge in [0.25, 0.3) is 11.8 Å². The van der Waals surface area contributed by atoms with Crippen LogP contribution in [0.5, 0.6) is 0 Å². The molecule has 4 rings (SSSR count). The number of carbonyl (C=O) groups is 3. The third kappa shape index (κ3) is 5.70. The van der Waals surface area contributed by atoms with Crippen molar-refractivity contribution in [2.75, 3.05) is 23.8 Å². The minimum absolute atomic E-state index is 0.0117. The van der Waals surface area contributed by atoms with Gasteiger partial charge in [0.15, 0.2) is 0 Å². The van der Waals surface area contributed by atoms with Crippen molar-refractivity contribution in [1.29, 1.82) is 0 Å². The molecule has 37 heavy (non-hydrogen) atoms. The van der Waals surface area contributed by atoms with Crippen molar-refractivity contribution in [2.45, 2.75) is 28.2 Å². The van der Waals surface area contributed by atoms with Crippen molar-refractivity contribution >= 4 is 82.2 Å². The van der Waals surface area contributed by atoms with Crippen LogP contribution in [0, 0.1) is 4.91 Å². The topological polar surface area (TPSA) is 207 Å². The molecule has 0 bridgehead atoms. The minimum Gasteiger partial charge on any atom is -0.477 e. The molecule has 3 atom stereocenters. The summed E-state index contributed by atoms with van der Waals surface area (Å²) in [4.78, 5) is 54.9. The summed E-state index contributed by atoms with van der Waals surface area (Å²) in [7, 11) is 0. The summed E-state index contributed by atoms with van der Waals surface area (Å²) >= 11 is 11.1. The van der Waals surface area contributed by atoms with Gasteiger partial charge in [-0.3, -0.25) is 14.5 Å². The second-order valence-corrected chi connectivity index (χ2v) is 11.8. The zero-order valence-corrected chi connectivity index (χ0v) is 22.7. The molecule has 6 N–H and O–H groups in total. The summed E-state index contributed by atoms with van der Waals surface area (Å²) in [5, 5.41) is 15.1. The lowest BCUT2D eigenvalue weighted by Gasteiger charge is -2.49. The van der Waals surface area contributed by atoms with E-state index in [0.717, 1.165) is 39.8 Å². The standard InChI is InChI=1S/C19H19ClN8O5S4/c20-7-1-2-10(22)23-11(7)12(25-33)15(29)24-13-17(30)28-14(19(31)32)9(6-35-18(13)28)36-16-8(26-37-27-16)5-34-4-3-21/h1-2,12-13,18H,3-6,21H2,(H2,22,23)(H,24,29)(H,31,32)/t12?,13-,18+/m1/s1. The van der Waals surface area contributed by atoms with E-state index < -0.39 is 35.2 Å². The summed E-state index contributed by atoms with van der Waals surface area (Å²) in [5.41, 5.74) is 11.6. The number of β-lactam (4-membered cyclic amide) rings is 1. The van der Waals surface area contributed by atoms with Crippen molar-refractivity contribution in [3.8, 4) is 0 Å². The van der Waals surface area contributed by atoms with E-state index in [1.54, 1.807) is 11.8 Å². The molecule has 13 nitrogen and oxygen atoms in total. The largest absolute Gasteiger partial charge is 0.477 e. The number of aromatic nitrogens is 3.